The summed E-state index contributed by atoms with van der Waals surface area (Å²) in [7, 11) is 1.34. The predicted molar refractivity (Wildman–Crippen MR) is 55.3 cm³/mol. The Hall–Kier alpha value is -1.35. The molecule has 0 atom stereocenters. The molecule has 0 aliphatic carbocycles. The topological polar surface area (TPSA) is 39.2 Å². The highest BCUT2D eigenvalue weighted by molar-refractivity contribution is 6.19. The summed E-state index contributed by atoms with van der Waals surface area (Å²) in [5.41, 5.74) is 1.20. The molecule has 74 valence electrons. The molecule has 0 bridgehead atoms. The first-order valence-electron chi connectivity index (χ1n) is 4.05. The van der Waals surface area contributed by atoms with Crippen LogP contribution in [0.4, 0.5) is 0 Å². The van der Waals surface area contributed by atoms with Gasteiger partial charge < -0.3 is 4.74 Å². The molecule has 0 aliphatic heterocycles. The number of aromatic nitrogens is 1. The van der Waals surface area contributed by atoms with Gasteiger partial charge >= 0.3 is 5.97 Å². The molecule has 0 radical (unpaired) electrons. The Morgan fingerprint density at radius 2 is 2.43 bits per heavy atom. The number of rotatable bonds is 3. The van der Waals surface area contributed by atoms with Crippen LogP contribution in [-0.2, 0) is 4.74 Å². The first kappa shape index (κ1) is 10.7. The third-order valence-electron chi connectivity index (χ3n) is 1.59. The number of carbonyl (C=O) groups excluding carboxylic acids is 1. The van der Waals surface area contributed by atoms with Gasteiger partial charge in [-0.15, -0.1) is 11.6 Å². The predicted octanol–water partition coefficient (Wildman–Crippen LogP) is 2.12. The zero-order chi connectivity index (χ0) is 10.4. The van der Waals surface area contributed by atoms with Gasteiger partial charge in [-0.05, 0) is 18.2 Å². The van der Waals surface area contributed by atoms with Gasteiger partial charge in [0, 0.05) is 12.1 Å². The van der Waals surface area contributed by atoms with Crippen LogP contribution in [0.25, 0.3) is 6.08 Å². The lowest BCUT2D eigenvalue weighted by molar-refractivity contribution is 0.0600. The van der Waals surface area contributed by atoms with E-state index in [1.54, 1.807) is 24.3 Å². The Kier molecular flexibility index (Phi) is 4.13. The summed E-state index contributed by atoms with van der Waals surface area (Å²) in [5, 5.41) is 0. The Balaban J connectivity index is 2.78. The molecule has 1 rings (SSSR count). The molecule has 0 unspecified atom stereocenters. The Labute approximate surface area is 87.4 Å². The largest absolute Gasteiger partial charge is 0.465 e. The number of allylic oxidation sites excluding steroid dienone is 1. The second-order valence-electron chi connectivity index (χ2n) is 2.52. The van der Waals surface area contributed by atoms with Crippen molar-refractivity contribution in [3.05, 3.63) is 35.7 Å². The summed E-state index contributed by atoms with van der Waals surface area (Å²) in [6.45, 7) is 0. The molecule has 14 heavy (non-hydrogen) atoms. The van der Waals surface area contributed by atoms with Crippen molar-refractivity contribution >= 4 is 23.6 Å². The minimum Gasteiger partial charge on any atom is -0.465 e. The molecule has 3 nitrogen and oxygen atoms in total. The molecule has 0 N–H and O–H groups in total. The first-order chi connectivity index (χ1) is 6.77. The van der Waals surface area contributed by atoms with Crippen LogP contribution >= 0.6 is 11.6 Å². The second kappa shape index (κ2) is 5.40. The first-order valence-corrected chi connectivity index (χ1v) is 4.58. The Bertz CT molecular complexity index is 332. The van der Waals surface area contributed by atoms with Gasteiger partial charge in [0.15, 0.2) is 0 Å². The van der Waals surface area contributed by atoms with Crippen LogP contribution in [0.5, 0.6) is 0 Å². The SMILES string of the molecule is COC(=O)c1ccc(C=CCCl)nc1. The molecule has 0 amide bonds. The van der Waals surface area contributed by atoms with Crippen LogP contribution in [-0.4, -0.2) is 23.9 Å². The zero-order valence-corrected chi connectivity index (χ0v) is 8.49. The van der Waals surface area contributed by atoms with Crippen molar-refractivity contribution in [2.24, 2.45) is 0 Å². The monoisotopic (exact) mass is 211 g/mol. The van der Waals surface area contributed by atoms with Gasteiger partial charge in [-0.25, -0.2) is 4.79 Å². The number of hydrogen-bond acceptors (Lipinski definition) is 3. The number of esters is 1. The number of alkyl halides is 1. The van der Waals surface area contributed by atoms with E-state index in [0.29, 0.717) is 11.4 Å². The van der Waals surface area contributed by atoms with E-state index in [1.807, 2.05) is 0 Å². The van der Waals surface area contributed by atoms with Crippen molar-refractivity contribution in [2.45, 2.75) is 0 Å². The number of ether oxygens (including phenoxy) is 1. The highest BCUT2D eigenvalue weighted by atomic mass is 35.5. The van der Waals surface area contributed by atoms with Gasteiger partial charge in [0.25, 0.3) is 0 Å². The van der Waals surface area contributed by atoms with Gasteiger partial charge in [-0.1, -0.05) is 6.08 Å². The molecule has 1 heterocycles. The number of carbonyl (C=O) groups is 1. The summed E-state index contributed by atoms with van der Waals surface area (Å²) in [4.78, 5) is 15.1. The summed E-state index contributed by atoms with van der Waals surface area (Å²) >= 11 is 5.47. The van der Waals surface area contributed by atoms with Gasteiger partial charge in [-0.2, -0.15) is 0 Å². The summed E-state index contributed by atoms with van der Waals surface area (Å²) in [5.74, 6) is 0.0610. The lowest BCUT2D eigenvalue weighted by atomic mass is 10.2. The number of halogens is 1. The van der Waals surface area contributed by atoms with Crippen molar-refractivity contribution in [3.63, 3.8) is 0 Å². The minimum absolute atomic E-state index is 0.384. The molecule has 0 spiro atoms. The highest BCUT2D eigenvalue weighted by Crippen LogP contribution is 2.03. The van der Waals surface area contributed by atoms with Crippen LogP contribution in [0.3, 0.4) is 0 Å². The fourth-order valence-corrected chi connectivity index (χ4v) is 0.997. The van der Waals surface area contributed by atoms with Crippen LogP contribution in [0, 0.1) is 0 Å². The van der Waals surface area contributed by atoms with Crippen molar-refractivity contribution in [1.29, 1.82) is 0 Å². The van der Waals surface area contributed by atoms with E-state index in [0.717, 1.165) is 5.69 Å². The van der Waals surface area contributed by atoms with E-state index in [2.05, 4.69) is 9.72 Å². The number of methoxy groups -OCH3 is 1. The van der Waals surface area contributed by atoms with E-state index in [1.165, 1.54) is 13.3 Å². The van der Waals surface area contributed by atoms with Gasteiger partial charge in [-0.3, -0.25) is 4.98 Å². The van der Waals surface area contributed by atoms with E-state index < -0.39 is 0 Å². The number of hydrogen-bond donors (Lipinski definition) is 0. The maximum atomic E-state index is 11.0. The molecule has 0 aromatic carbocycles. The number of pyridine rings is 1. The fourth-order valence-electron chi connectivity index (χ4n) is 0.908. The molecule has 1 aromatic rings. The lowest BCUT2D eigenvalue weighted by Gasteiger charge is -1.98. The Morgan fingerprint density at radius 3 is 2.93 bits per heavy atom. The maximum absolute atomic E-state index is 11.0. The molecular formula is C10H10ClNO2. The number of nitrogens with zero attached hydrogens (tertiary/aromatic N) is 1. The molecule has 0 saturated carbocycles. The van der Waals surface area contributed by atoms with Crippen LogP contribution < -0.4 is 0 Å². The molecule has 0 aliphatic rings. The fraction of sp³-hybridized carbons (Fsp3) is 0.200. The maximum Gasteiger partial charge on any atom is 0.339 e. The standard InChI is InChI=1S/C10H10ClNO2/c1-14-10(13)8-4-5-9(12-7-8)3-2-6-11/h2-5,7H,6H2,1H3. The van der Waals surface area contributed by atoms with E-state index in [9.17, 15) is 4.79 Å². The van der Waals surface area contributed by atoms with Crippen molar-refractivity contribution in [3.8, 4) is 0 Å². The van der Waals surface area contributed by atoms with E-state index >= 15 is 0 Å². The van der Waals surface area contributed by atoms with Gasteiger partial charge in [0.1, 0.15) is 0 Å². The third-order valence-corrected chi connectivity index (χ3v) is 1.76. The van der Waals surface area contributed by atoms with Crippen molar-refractivity contribution in [2.75, 3.05) is 13.0 Å². The van der Waals surface area contributed by atoms with Crippen LogP contribution in [0.15, 0.2) is 24.4 Å². The highest BCUT2D eigenvalue weighted by Gasteiger charge is 2.03. The lowest BCUT2D eigenvalue weighted by Crippen LogP contribution is -2.01. The second-order valence-corrected chi connectivity index (χ2v) is 2.83. The minimum atomic E-state index is -0.384. The van der Waals surface area contributed by atoms with Crippen LogP contribution in [0.2, 0.25) is 0 Å². The normalized spacial score (nSPS) is 10.4. The summed E-state index contributed by atoms with van der Waals surface area (Å²) in [6, 6.07) is 3.39. The zero-order valence-electron chi connectivity index (χ0n) is 7.74. The summed E-state index contributed by atoms with van der Waals surface area (Å²) < 4.78 is 4.54. The molecule has 0 fully saturated rings. The molecular weight excluding hydrogens is 202 g/mol. The van der Waals surface area contributed by atoms with Gasteiger partial charge in [0.05, 0.1) is 18.4 Å². The molecule has 4 heteroatoms. The van der Waals surface area contributed by atoms with E-state index in [-0.39, 0.29) is 5.97 Å². The quantitative estimate of drug-likeness (QED) is 0.568. The van der Waals surface area contributed by atoms with Crippen molar-refractivity contribution < 1.29 is 9.53 Å². The smallest absolute Gasteiger partial charge is 0.339 e. The van der Waals surface area contributed by atoms with E-state index in [4.69, 9.17) is 11.6 Å². The third kappa shape index (κ3) is 2.85. The summed E-state index contributed by atoms with van der Waals surface area (Å²) in [6.07, 6.45) is 5.04. The van der Waals surface area contributed by atoms with Gasteiger partial charge in [0.2, 0.25) is 0 Å². The van der Waals surface area contributed by atoms with Crippen molar-refractivity contribution in [1.82, 2.24) is 4.98 Å². The van der Waals surface area contributed by atoms with Crippen LogP contribution in [0.1, 0.15) is 16.1 Å². The molecule has 1 aromatic heterocycles. The molecule has 0 saturated heterocycles. The average molecular weight is 212 g/mol. The average Bonchev–Trinajstić information content (AvgIpc) is 2.26. The Morgan fingerprint density at radius 1 is 1.64 bits per heavy atom.